The molecule has 1 atom stereocenters. The first-order valence-corrected chi connectivity index (χ1v) is 5.57. The van der Waals surface area contributed by atoms with E-state index >= 15 is 0 Å². The van der Waals surface area contributed by atoms with E-state index in [9.17, 15) is 13.2 Å². The maximum Gasteiger partial charge on any atom is 0.389 e. The van der Waals surface area contributed by atoms with Crippen molar-refractivity contribution < 1.29 is 13.2 Å². The second-order valence-electron chi connectivity index (χ2n) is 3.54. The van der Waals surface area contributed by atoms with Crippen molar-refractivity contribution in [2.24, 2.45) is 5.84 Å². The number of halogens is 5. The molecular weight excluding hydrogens is 276 g/mol. The molecule has 1 unspecified atom stereocenters. The Bertz CT molecular complexity index is 382. The summed E-state index contributed by atoms with van der Waals surface area (Å²) in [5, 5.41) is 0.733. The van der Waals surface area contributed by atoms with Crippen LogP contribution in [0.2, 0.25) is 10.0 Å². The highest BCUT2D eigenvalue weighted by molar-refractivity contribution is 6.33. The molecule has 17 heavy (non-hydrogen) atoms. The van der Waals surface area contributed by atoms with Crippen LogP contribution in [-0.2, 0) is 0 Å². The van der Waals surface area contributed by atoms with E-state index < -0.39 is 18.6 Å². The summed E-state index contributed by atoms with van der Waals surface area (Å²) in [5.74, 6) is 5.23. The van der Waals surface area contributed by atoms with E-state index in [0.717, 1.165) is 0 Å². The maximum atomic E-state index is 12.1. The quantitative estimate of drug-likeness (QED) is 0.652. The molecule has 1 aromatic rings. The Morgan fingerprint density at radius 1 is 1.29 bits per heavy atom. The summed E-state index contributed by atoms with van der Waals surface area (Å²) in [6, 6.07) is 3.91. The number of nitrogens with one attached hydrogen (secondary N) is 1. The second kappa shape index (κ2) is 5.91. The van der Waals surface area contributed by atoms with Gasteiger partial charge in [0.2, 0.25) is 0 Å². The molecule has 2 nitrogen and oxygen atoms in total. The van der Waals surface area contributed by atoms with E-state index in [1.165, 1.54) is 12.1 Å². The lowest BCUT2D eigenvalue weighted by Gasteiger charge is -2.18. The van der Waals surface area contributed by atoms with Crippen LogP contribution < -0.4 is 11.3 Å². The van der Waals surface area contributed by atoms with Crippen molar-refractivity contribution >= 4 is 23.2 Å². The molecule has 0 amide bonds. The molecule has 0 saturated carbocycles. The number of benzene rings is 1. The summed E-state index contributed by atoms with van der Waals surface area (Å²) >= 11 is 11.6. The zero-order chi connectivity index (χ0) is 13.1. The number of hydrogen-bond acceptors (Lipinski definition) is 2. The summed E-state index contributed by atoms with van der Waals surface area (Å²) in [4.78, 5) is 0. The molecule has 0 aliphatic heterocycles. The van der Waals surface area contributed by atoms with Gasteiger partial charge in [0.05, 0.1) is 0 Å². The number of rotatable bonds is 4. The van der Waals surface area contributed by atoms with Gasteiger partial charge in [-0.2, -0.15) is 13.2 Å². The predicted molar refractivity (Wildman–Crippen MR) is 61.8 cm³/mol. The molecule has 3 N–H and O–H groups in total. The van der Waals surface area contributed by atoms with Crippen molar-refractivity contribution in [1.29, 1.82) is 0 Å². The van der Waals surface area contributed by atoms with Gasteiger partial charge in [0.25, 0.3) is 0 Å². The molecule has 0 heterocycles. The van der Waals surface area contributed by atoms with Gasteiger partial charge < -0.3 is 0 Å². The third kappa shape index (κ3) is 4.71. The molecule has 0 bridgehead atoms. The maximum absolute atomic E-state index is 12.1. The van der Waals surface area contributed by atoms with Crippen LogP contribution >= 0.6 is 23.2 Å². The molecule has 0 aliphatic carbocycles. The monoisotopic (exact) mass is 286 g/mol. The first-order valence-electron chi connectivity index (χ1n) is 4.81. The van der Waals surface area contributed by atoms with Crippen LogP contribution in [0.4, 0.5) is 13.2 Å². The topological polar surface area (TPSA) is 38.0 Å². The molecule has 0 radical (unpaired) electrons. The van der Waals surface area contributed by atoms with Crippen molar-refractivity contribution in [1.82, 2.24) is 5.43 Å². The Kier molecular flexibility index (Phi) is 5.06. The second-order valence-corrected chi connectivity index (χ2v) is 4.38. The van der Waals surface area contributed by atoms with Gasteiger partial charge in [-0.3, -0.25) is 11.3 Å². The first kappa shape index (κ1) is 14.6. The number of hydrazine groups is 1. The Labute approximate surface area is 107 Å². The van der Waals surface area contributed by atoms with Gasteiger partial charge in [-0.15, -0.1) is 0 Å². The highest BCUT2D eigenvalue weighted by Gasteiger charge is 2.29. The summed E-state index contributed by atoms with van der Waals surface area (Å²) in [6.45, 7) is 0. The van der Waals surface area contributed by atoms with E-state index in [1.54, 1.807) is 6.07 Å². The lowest BCUT2D eigenvalue weighted by molar-refractivity contribution is -0.136. The minimum atomic E-state index is -4.22. The smallest absolute Gasteiger partial charge is 0.271 e. The molecule has 96 valence electrons. The zero-order valence-electron chi connectivity index (χ0n) is 8.69. The average Bonchev–Trinajstić information content (AvgIpc) is 2.22. The molecule has 0 saturated heterocycles. The molecule has 7 heteroatoms. The highest BCUT2D eigenvalue weighted by atomic mass is 35.5. The Morgan fingerprint density at radius 3 is 2.47 bits per heavy atom. The van der Waals surface area contributed by atoms with Crippen molar-refractivity contribution in [3.63, 3.8) is 0 Å². The summed E-state index contributed by atoms with van der Waals surface area (Å²) in [7, 11) is 0. The molecule has 0 aliphatic rings. The molecule has 0 aromatic heterocycles. The van der Waals surface area contributed by atoms with Crippen LogP contribution in [0.25, 0.3) is 0 Å². The normalized spacial score (nSPS) is 13.8. The lowest BCUT2D eigenvalue weighted by atomic mass is 10.0. The van der Waals surface area contributed by atoms with Crippen molar-refractivity contribution in [2.45, 2.75) is 25.1 Å². The van der Waals surface area contributed by atoms with Crippen molar-refractivity contribution in [2.75, 3.05) is 0 Å². The van der Waals surface area contributed by atoms with Gasteiger partial charge in [-0.05, 0) is 30.2 Å². The van der Waals surface area contributed by atoms with Crippen LogP contribution in [0.1, 0.15) is 24.4 Å². The Morgan fingerprint density at radius 2 is 1.94 bits per heavy atom. The number of hydrogen-bond donors (Lipinski definition) is 2. The predicted octanol–water partition coefficient (Wildman–Crippen LogP) is 3.84. The van der Waals surface area contributed by atoms with Crippen LogP contribution in [0.3, 0.4) is 0 Å². The first-order chi connectivity index (χ1) is 7.83. The number of alkyl halides is 3. The zero-order valence-corrected chi connectivity index (χ0v) is 10.2. The molecular formula is C10H11Cl2F3N2. The minimum Gasteiger partial charge on any atom is -0.271 e. The van der Waals surface area contributed by atoms with Crippen molar-refractivity contribution in [3.8, 4) is 0 Å². The fourth-order valence-corrected chi connectivity index (χ4v) is 1.85. The minimum absolute atomic E-state index is 0.194. The summed E-state index contributed by atoms with van der Waals surface area (Å²) in [5.41, 5.74) is 2.78. The Hall–Kier alpha value is -0.490. The Balaban J connectivity index is 2.82. The largest absolute Gasteiger partial charge is 0.389 e. The fourth-order valence-electron chi connectivity index (χ4n) is 1.42. The SMILES string of the molecule is NNC(CCC(F)(F)F)c1cc(Cl)ccc1Cl. The van der Waals surface area contributed by atoms with Gasteiger partial charge in [0.15, 0.2) is 0 Å². The van der Waals surface area contributed by atoms with Crippen LogP contribution in [0.15, 0.2) is 18.2 Å². The van der Waals surface area contributed by atoms with Gasteiger partial charge in [-0.1, -0.05) is 23.2 Å². The number of nitrogens with two attached hydrogens (primary N) is 1. The highest BCUT2D eigenvalue weighted by Crippen LogP contribution is 2.31. The third-order valence-electron chi connectivity index (χ3n) is 2.25. The van der Waals surface area contributed by atoms with E-state index in [-0.39, 0.29) is 6.42 Å². The van der Waals surface area contributed by atoms with Gasteiger partial charge >= 0.3 is 6.18 Å². The third-order valence-corrected chi connectivity index (χ3v) is 2.83. The standard InChI is InChI=1S/C10H11Cl2F3N2/c11-6-1-2-8(12)7(5-6)9(17-16)3-4-10(13,14)15/h1-2,5,9,17H,3-4,16H2. The van der Waals surface area contributed by atoms with E-state index in [4.69, 9.17) is 29.0 Å². The van der Waals surface area contributed by atoms with Crippen molar-refractivity contribution in [3.05, 3.63) is 33.8 Å². The van der Waals surface area contributed by atoms with Gasteiger partial charge in [0.1, 0.15) is 0 Å². The van der Waals surface area contributed by atoms with Crippen LogP contribution in [0.5, 0.6) is 0 Å². The molecule has 0 fully saturated rings. The fraction of sp³-hybridized carbons (Fsp3) is 0.400. The summed E-state index contributed by atoms with van der Waals surface area (Å²) in [6.07, 6.45) is -5.36. The molecule has 1 rings (SSSR count). The molecule has 0 spiro atoms. The summed E-state index contributed by atoms with van der Waals surface area (Å²) < 4.78 is 36.4. The van der Waals surface area contributed by atoms with E-state index in [0.29, 0.717) is 15.6 Å². The van der Waals surface area contributed by atoms with Crippen LogP contribution in [-0.4, -0.2) is 6.18 Å². The van der Waals surface area contributed by atoms with E-state index in [2.05, 4.69) is 5.43 Å². The lowest BCUT2D eigenvalue weighted by Crippen LogP contribution is -2.29. The van der Waals surface area contributed by atoms with Gasteiger partial charge in [-0.25, -0.2) is 0 Å². The average molecular weight is 287 g/mol. The van der Waals surface area contributed by atoms with Gasteiger partial charge in [0, 0.05) is 22.5 Å². The molecule has 1 aromatic carbocycles. The van der Waals surface area contributed by atoms with Crippen LogP contribution in [0, 0.1) is 0 Å². The van der Waals surface area contributed by atoms with E-state index in [1.807, 2.05) is 0 Å².